The summed E-state index contributed by atoms with van der Waals surface area (Å²) in [5, 5.41) is 13.6. The molecule has 0 saturated carbocycles. The number of methoxy groups -OCH3 is 1. The van der Waals surface area contributed by atoms with Crippen molar-refractivity contribution in [1.29, 1.82) is 0 Å². The first kappa shape index (κ1) is 23.4. The number of non-ortho nitro benzene ring substituents is 1. The lowest BCUT2D eigenvalue weighted by atomic mass is 10.1. The highest BCUT2D eigenvalue weighted by Crippen LogP contribution is 2.35. The number of carbonyl (C=O) groups is 2. The molecule has 1 atom stereocenters. The molecule has 1 amide bonds. The van der Waals surface area contributed by atoms with E-state index in [2.05, 4.69) is 50.6 Å². The molecule has 0 saturated heterocycles. The van der Waals surface area contributed by atoms with E-state index in [1.54, 1.807) is 6.07 Å². The molecule has 0 unspecified atom stereocenters. The highest BCUT2D eigenvalue weighted by molar-refractivity contribution is 6.87. The molecule has 152 valence electrons. The highest BCUT2D eigenvalue weighted by atomic mass is 28.3. The van der Waals surface area contributed by atoms with Crippen LogP contribution in [0.3, 0.4) is 0 Å². The number of benzene rings is 1. The van der Waals surface area contributed by atoms with E-state index in [0.29, 0.717) is 5.56 Å². The lowest BCUT2D eigenvalue weighted by Gasteiger charge is -2.31. The molecule has 7 nitrogen and oxygen atoms in total. The van der Waals surface area contributed by atoms with E-state index in [1.165, 1.54) is 25.3 Å². The molecule has 0 spiro atoms. The van der Waals surface area contributed by atoms with Gasteiger partial charge >= 0.3 is 5.97 Å². The van der Waals surface area contributed by atoms with Crippen LogP contribution in [-0.2, 0) is 20.7 Å². The third kappa shape index (κ3) is 6.81. The fraction of sp³-hybridized carbons (Fsp3) is 0.500. The minimum Gasteiger partial charge on any atom is -0.467 e. The van der Waals surface area contributed by atoms with Crippen LogP contribution in [0.15, 0.2) is 24.3 Å². The summed E-state index contributed by atoms with van der Waals surface area (Å²) in [6.45, 7) is 10.8. The molecule has 0 radical (unpaired) electrons. The van der Waals surface area contributed by atoms with Gasteiger partial charge in [-0.1, -0.05) is 46.0 Å². The summed E-state index contributed by atoms with van der Waals surface area (Å²) in [5.41, 5.74) is 3.71. The predicted octanol–water partition coefficient (Wildman–Crippen LogP) is 3.24. The van der Waals surface area contributed by atoms with Crippen LogP contribution in [0.1, 0.15) is 32.8 Å². The van der Waals surface area contributed by atoms with Gasteiger partial charge in [0.25, 0.3) is 5.69 Å². The Morgan fingerprint density at radius 3 is 2.50 bits per heavy atom. The first-order chi connectivity index (χ1) is 12.9. The van der Waals surface area contributed by atoms with E-state index >= 15 is 0 Å². The summed E-state index contributed by atoms with van der Waals surface area (Å²) >= 11 is 0. The van der Waals surface area contributed by atoms with Crippen LogP contribution >= 0.6 is 0 Å². The van der Waals surface area contributed by atoms with Gasteiger partial charge in [0.15, 0.2) is 0 Å². The quantitative estimate of drug-likeness (QED) is 0.258. The standard InChI is InChI=1S/C20H28N2O5Si/c1-20(2,3)28(5,6)12-8-11-17(19(24)27-4)21-18(23)14-15-9-7-10-16(13-15)22(25)26/h7,9-10,13,17H,11,14H2,1-6H3,(H,21,23)/t17-/m1/s1. The number of hydrogen-bond acceptors (Lipinski definition) is 5. The van der Waals surface area contributed by atoms with Gasteiger partial charge in [-0.25, -0.2) is 4.79 Å². The van der Waals surface area contributed by atoms with E-state index in [9.17, 15) is 19.7 Å². The van der Waals surface area contributed by atoms with E-state index < -0.39 is 30.9 Å². The average molecular weight is 405 g/mol. The van der Waals surface area contributed by atoms with Gasteiger partial charge in [0, 0.05) is 18.6 Å². The van der Waals surface area contributed by atoms with Crippen LogP contribution in [0.5, 0.6) is 0 Å². The van der Waals surface area contributed by atoms with E-state index in [1.807, 2.05) is 0 Å². The molecule has 0 bridgehead atoms. The number of rotatable bonds is 6. The van der Waals surface area contributed by atoms with E-state index in [-0.39, 0.29) is 23.6 Å². The maximum Gasteiger partial charge on any atom is 0.329 e. The summed E-state index contributed by atoms with van der Waals surface area (Å²) in [5.74, 6) is 2.05. The fourth-order valence-corrected chi connectivity index (χ4v) is 3.03. The zero-order valence-electron chi connectivity index (χ0n) is 17.3. The second-order valence-corrected chi connectivity index (χ2v) is 13.1. The van der Waals surface area contributed by atoms with Crippen molar-refractivity contribution in [2.24, 2.45) is 0 Å². The minimum atomic E-state index is -1.82. The van der Waals surface area contributed by atoms with Gasteiger partial charge < -0.3 is 10.1 Å². The summed E-state index contributed by atoms with van der Waals surface area (Å²) in [6.07, 6.45) is 0.0741. The zero-order valence-corrected chi connectivity index (χ0v) is 18.3. The Morgan fingerprint density at radius 1 is 1.32 bits per heavy atom. The Morgan fingerprint density at radius 2 is 1.96 bits per heavy atom. The number of nitro groups is 1. The first-order valence-electron chi connectivity index (χ1n) is 8.98. The summed E-state index contributed by atoms with van der Waals surface area (Å²) in [7, 11) is -0.571. The highest BCUT2D eigenvalue weighted by Gasteiger charge is 2.33. The summed E-state index contributed by atoms with van der Waals surface area (Å²) in [6, 6.07) is 4.95. The predicted molar refractivity (Wildman–Crippen MR) is 110 cm³/mol. The Hall–Kier alpha value is -2.66. The third-order valence-electron chi connectivity index (χ3n) is 4.89. The number of esters is 1. The second kappa shape index (κ2) is 9.51. The Bertz CT molecular complexity index is 803. The van der Waals surface area contributed by atoms with Crippen molar-refractivity contribution in [1.82, 2.24) is 5.32 Å². The molecular formula is C20H28N2O5Si. The van der Waals surface area contributed by atoms with E-state index in [4.69, 9.17) is 4.74 Å². The molecule has 28 heavy (non-hydrogen) atoms. The molecule has 0 heterocycles. The van der Waals surface area contributed by atoms with Crippen molar-refractivity contribution < 1.29 is 19.2 Å². The topological polar surface area (TPSA) is 98.5 Å². The van der Waals surface area contributed by atoms with Gasteiger partial charge in [-0.2, -0.15) is 0 Å². The lowest BCUT2D eigenvalue weighted by molar-refractivity contribution is -0.384. The Labute approximate surface area is 167 Å². The van der Waals surface area contributed by atoms with Crippen molar-refractivity contribution in [2.75, 3.05) is 7.11 Å². The average Bonchev–Trinajstić information content (AvgIpc) is 2.59. The molecule has 0 aliphatic carbocycles. The normalized spacial score (nSPS) is 12.4. The van der Waals surface area contributed by atoms with Crippen LogP contribution in [0, 0.1) is 21.6 Å². The lowest BCUT2D eigenvalue weighted by Crippen LogP contribution is -2.42. The number of nitro benzene ring substituents is 1. The molecule has 1 aromatic carbocycles. The molecule has 8 heteroatoms. The smallest absolute Gasteiger partial charge is 0.329 e. The van der Waals surface area contributed by atoms with Gasteiger partial charge in [0.1, 0.15) is 14.1 Å². The monoisotopic (exact) mass is 404 g/mol. The minimum absolute atomic E-state index is 0.0785. The fourth-order valence-electron chi connectivity index (χ4n) is 2.11. The van der Waals surface area contributed by atoms with Gasteiger partial charge in [-0.05, 0) is 10.6 Å². The molecule has 1 aromatic rings. The summed E-state index contributed by atoms with van der Waals surface area (Å²) in [4.78, 5) is 34.7. The molecule has 1 N–H and O–H groups in total. The van der Waals surface area contributed by atoms with Gasteiger partial charge in [-0.3, -0.25) is 14.9 Å². The van der Waals surface area contributed by atoms with Gasteiger partial charge in [0.2, 0.25) is 5.91 Å². The van der Waals surface area contributed by atoms with Crippen LogP contribution in [0.25, 0.3) is 0 Å². The molecule has 0 aromatic heterocycles. The van der Waals surface area contributed by atoms with Crippen molar-refractivity contribution in [3.63, 3.8) is 0 Å². The maximum absolute atomic E-state index is 12.3. The number of amides is 1. The number of ether oxygens (including phenoxy) is 1. The molecule has 0 fully saturated rings. The maximum atomic E-state index is 12.3. The van der Waals surface area contributed by atoms with Gasteiger partial charge in [0.05, 0.1) is 18.5 Å². The Balaban J connectivity index is 2.85. The number of carbonyl (C=O) groups excluding carboxylic acids is 2. The summed E-state index contributed by atoms with van der Waals surface area (Å²) < 4.78 is 4.76. The second-order valence-electron chi connectivity index (χ2n) is 8.13. The van der Waals surface area contributed by atoms with Crippen LogP contribution in [0.2, 0.25) is 18.1 Å². The SMILES string of the molecule is COC(=O)[C@@H](CC#C[Si](C)(C)C(C)(C)C)NC(=O)Cc1cccc([N+](=O)[O-])c1. The third-order valence-corrected chi connectivity index (χ3v) is 9.44. The number of hydrogen-bond donors (Lipinski definition) is 1. The first-order valence-corrected chi connectivity index (χ1v) is 12.0. The van der Waals surface area contributed by atoms with Crippen molar-refractivity contribution >= 4 is 25.6 Å². The molecule has 1 rings (SSSR count). The van der Waals surface area contributed by atoms with Crippen LogP contribution in [-0.4, -0.2) is 38.0 Å². The van der Waals surface area contributed by atoms with Crippen LogP contribution in [0.4, 0.5) is 5.69 Å². The van der Waals surface area contributed by atoms with Crippen molar-refractivity contribution in [3.05, 3.63) is 39.9 Å². The van der Waals surface area contributed by atoms with Crippen LogP contribution < -0.4 is 5.32 Å². The molecular weight excluding hydrogens is 376 g/mol. The number of nitrogens with one attached hydrogen (secondary N) is 1. The zero-order chi connectivity index (χ0) is 21.5. The molecule has 0 aliphatic rings. The van der Waals surface area contributed by atoms with E-state index in [0.717, 1.165) is 0 Å². The van der Waals surface area contributed by atoms with Crippen molar-refractivity contribution in [2.45, 2.75) is 57.8 Å². The molecule has 0 aliphatic heterocycles. The largest absolute Gasteiger partial charge is 0.467 e. The number of nitrogens with zero attached hydrogens (tertiary/aromatic N) is 1. The van der Waals surface area contributed by atoms with Crippen molar-refractivity contribution in [3.8, 4) is 11.5 Å². The Kier molecular flexibility index (Phi) is 7.94. The van der Waals surface area contributed by atoms with Gasteiger partial charge in [-0.15, -0.1) is 11.5 Å².